The lowest BCUT2D eigenvalue weighted by atomic mass is 9.71. The molecule has 3 unspecified atom stereocenters. The van der Waals surface area contributed by atoms with E-state index in [0.29, 0.717) is 5.92 Å². The lowest BCUT2D eigenvalue weighted by Gasteiger charge is -2.35. The molecule has 0 bridgehead atoms. The Morgan fingerprint density at radius 2 is 2.10 bits per heavy atom. The molecular weight excluding hydrogens is 246 g/mol. The lowest BCUT2D eigenvalue weighted by molar-refractivity contribution is 0.242. The third-order valence-electron chi connectivity index (χ3n) is 4.51. The summed E-state index contributed by atoms with van der Waals surface area (Å²) in [6.45, 7) is 9.58. The topological polar surface area (TPSA) is 21.3 Å². The first kappa shape index (κ1) is 15.4. The summed E-state index contributed by atoms with van der Waals surface area (Å²) in [5.74, 6) is 3.31. The Morgan fingerprint density at radius 3 is 2.85 bits per heavy atom. The van der Waals surface area contributed by atoms with Crippen molar-refractivity contribution in [1.82, 2.24) is 5.32 Å². The van der Waals surface area contributed by atoms with Crippen LogP contribution in [0.15, 0.2) is 24.3 Å². The van der Waals surface area contributed by atoms with Gasteiger partial charge in [0.05, 0.1) is 6.61 Å². The molecule has 1 N–H and O–H groups in total. The first-order valence-electron chi connectivity index (χ1n) is 8.18. The van der Waals surface area contributed by atoms with E-state index in [-0.39, 0.29) is 0 Å². The smallest absolute Gasteiger partial charge is 0.119 e. The highest BCUT2D eigenvalue weighted by atomic mass is 16.5. The molecule has 2 rings (SSSR count). The SMILES string of the molecule is CCNCC1CCC(C)CC1c1cccc(OCC)c1. The van der Waals surface area contributed by atoms with Crippen molar-refractivity contribution in [1.29, 1.82) is 0 Å². The van der Waals surface area contributed by atoms with Crippen LogP contribution in [-0.2, 0) is 0 Å². The van der Waals surface area contributed by atoms with E-state index in [4.69, 9.17) is 4.74 Å². The molecule has 20 heavy (non-hydrogen) atoms. The van der Waals surface area contributed by atoms with E-state index in [1.807, 2.05) is 6.92 Å². The van der Waals surface area contributed by atoms with E-state index in [1.165, 1.54) is 24.8 Å². The summed E-state index contributed by atoms with van der Waals surface area (Å²) >= 11 is 0. The van der Waals surface area contributed by atoms with Gasteiger partial charge in [0.15, 0.2) is 0 Å². The van der Waals surface area contributed by atoms with Crippen LogP contribution in [0.5, 0.6) is 5.75 Å². The number of nitrogens with one attached hydrogen (secondary N) is 1. The fourth-order valence-corrected chi connectivity index (χ4v) is 3.43. The van der Waals surface area contributed by atoms with Gasteiger partial charge in [0.25, 0.3) is 0 Å². The predicted octanol–water partition coefficient (Wildman–Crippen LogP) is 4.21. The van der Waals surface area contributed by atoms with Crippen molar-refractivity contribution < 1.29 is 4.74 Å². The number of ether oxygens (including phenoxy) is 1. The quantitative estimate of drug-likeness (QED) is 0.839. The summed E-state index contributed by atoms with van der Waals surface area (Å²) in [6, 6.07) is 8.75. The highest BCUT2D eigenvalue weighted by molar-refractivity contribution is 5.31. The molecule has 0 aromatic heterocycles. The molecule has 112 valence electrons. The zero-order valence-electron chi connectivity index (χ0n) is 13.2. The Balaban J connectivity index is 2.14. The van der Waals surface area contributed by atoms with Crippen molar-refractivity contribution in [3.05, 3.63) is 29.8 Å². The maximum absolute atomic E-state index is 5.66. The fraction of sp³-hybridized carbons (Fsp3) is 0.667. The largest absolute Gasteiger partial charge is 0.494 e. The molecule has 0 spiro atoms. The Labute approximate surface area is 123 Å². The summed E-state index contributed by atoms with van der Waals surface area (Å²) in [4.78, 5) is 0. The molecule has 1 aromatic carbocycles. The zero-order valence-corrected chi connectivity index (χ0v) is 13.2. The summed E-state index contributed by atoms with van der Waals surface area (Å²) in [7, 11) is 0. The lowest BCUT2D eigenvalue weighted by Crippen LogP contribution is -2.31. The molecule has 0 amide bonds. The van der Waals surface area contributed by atoms with Crippen LogP contribution in [0.2, 0.25) is 0 Å². The molecule has 1 aliphatic rings. The second-order valence-corrected chi connectivity index (χ2v) is 6.10. The van der Waals surface area contributed by atoms with Gasteiger partial charge in [-0.25, -0.2) is 0 Å². The standard InChI is InChI=1S/C18H29NO/c1-4-19-13-16-10-9-14(3)11-18(16)15-7-6-8-17(12-15)20-5-2/h6-8,12,14,16,18-19H,4-5,9-11,13H2,1-3H3. The van der Waals surface area contributed by atoms with Gasteiger partial charge in [0.2, 0.25) is 0 Å². The molecule has 2 heteroatoms. The van der Waals surface area contributed by atoms with Crippen molar-refractivity contribution in [2.24, 2.45) is 11.8 Å². The summed E-state index contributed by atoms with van der Waals surface area (Å²) in [6.07, 6.45) is 4.03. The maximum atomic E-state index is 5.66. The van der Waals surface area contributed by atoms with Crippen molar-refractivity contribution >= 4 is 0 Å². The number of rotatable bonds is 6. The molecule has 1 saturated carbocycles. The first-order chi connectivity index (χ1) is 9.74. The van der Waals surface area contributed by atoms with Crippen molar-refractivity contribution in [3.63, 3.8) is 0 Å². The van der Waals surface area contributed by atoms with Gasteiger partial charge in [-0.1, -0.05) is 32.4 Å². The normalized spacial score (nSPS) is 26.4. The van der Waals surface area contributed by atoms with Crippen LogP contribution in [-0.4, -0.2) is 19.7 Å². The Kier molecular flexibility index (Phi) is 5.90. The number of hydrogen-bond acceptors (Lipinski definition) is 2. The monoisotopic (exact) mass is 275 g/mol. The highest BCUT2D eigenvalue weighted by Gasteiger charge is 2.29. The summed E-state index contributed by atoms with van der Waals surface area (Å²) in [5, 5.41) is 3.54. The van der Waals surface area contributed by atoms with Crippen LogP contribution in [0.3, 0.4) is 0 Å². The van der Waals surface area contributed by atoms with Crippen molar-refractivity contribution in [2.45, 2.75) is 46.0 Å². The molecular formula is C18H29NO. The van der Waals surface area contributed by atoms with Crippen LogP contribution in [0.1, 0.15) is 51.5 Å². The fourth-order valence-electron chi connectivity index (χ4n) is 3.43. The second-order valence-electron chi connectivity index (χ2n) is 6.10. The van der Waals surface area contributed by atoms with Gasteiger partial charge in [-0.15, -0.1) is 0 Å². The molecule has 2 nitrogen and oxygen atoms in total. The van der Waals surface area contributed by atoms with Crippen LogP contribution in [0, 0.1) is 11.8 Å². The maximum Gasteiger partial charge on any atom is 0.119 e. The van der Waals surface area contributed by atoms with E-state index in [1.54, 1.807) is 0 Å². The Bertz CT molecular complexity index is 402. The van der Waals surface area contributed by atoms with Crippen LogP contribution in [0.4, 0.5) is 0 Å². The van der Waals surface area contributed by atoms with Crippen LogP contribution in [0.25, 0.3) is 0 Å². The average Bonchev–Trinajstić information content (AvgIpc) is 2.46. The van der Waals surface area contributed by atoms with Crippen LogP contribution < -0.4 is 10.1 Å². The minimum Gasteiger partial charge on any atom is -0.494 e. The Morgan fingerprint density at radius 1 is 1.25 bits per heavy atom. The molecule has 0 heterocycles. The van der Waals surface area contributed by atoms with Gasteiger partial charge in [-0.05, 0) is 68.3 Å². The number of hydrogen-bond donors (Lipinski definition) is 1. The van der Waals surface area contributed by atoms with Gasteiger partial charge in [0, 0.05) is 0 Å². The van der Waals surface area contributed by atoms with E-state index < -0.39 is 0 Å². The molecule has 0 radical (unpaired) electrons. The second kappa shape index (κ2) is 7.68. The molecule has 3 atom stereocenters. The van der Waals surface area contributed by atoms with E-state index in [2.05, 4.69) is 43.4 Å². The van der Waals surface area contributed by atoms with Crippen LogP contribution >= 0.6 is 0 Å². The molecule has 1 fully saturated rings. The third-order valence-corrected chi connectivity index (χ3v) is 4.51. The molecule has 1 aliphatic carbocycles. The van der Waals surface area contributed by atoms with Gasteiger partial charge >= 0.3 is 0 Å². The summed E-state index contributed by atoms with van der Waals surface area (Å²) < 4.78 is 5.66. The van der Waals surface area contributed by atoms with Crippen molar-refractivity contribution in [3.8, 4) is 5.75 Å². The minimum atomic E-state index is 0.679. The highest BCUT2D eigenvalue weighted by Crippen LogP contribution is 2.40. The van der Waals surface area contributed by atoms with E-state index in [0.717, 1.165) is 37.3 Å². The van der Waals surface area contributed by atoms with Gasteiger partial charge in [0.1, 0.15) is 5.75 Å². The Hall–Kier alpha value is -1.02. The van der Waals surface area contributed by atoms with Gasteiger partial charge < -0.3 is 10.1 Å². The number of benzene rings is 1. The van der Waals surface area contributed by atoms with E-state index in [9.17, 15) is 0 Å². The molecule has 0 aliphatic heterocycles. The predicted molar refractivity (Wildman–Crippen MR) is 85.4 cm³/mol. The average molecular weight is 275 g/mol. The van der Waals surface area contributed by atoms with Gasteiger partial charge in [-0.2, -0.15) is 0 Å². The van der Waals surface area contributed by atoms with E-state index >= 15 is 0 Å². The van der Waals surface area contributed by atoms with Gasteiger partial charge in [-0.3, -0.25) is 0 Å². The first-order valence-corrected chi connectivity index (χ1v) is 8.18. The summed E-state index contributed by atoms with van der Waals surface area (Å²) in [5.41, 5.74) is 1.46. The minimum absolute atomic E-state index is 0.679. The zero-order chi connectivity index (χ0) is 14.4. The third kappa shape index (κ3) is 3.99. The molecule has 0 saturated heterocycles. The molecule has 1 aromatic rings. The van der Waals surface area contributed by atoms with Crippen molar-refractivity contribution in [2.75, 3.05) is 19.7 Å².